The number of hydrogen-bond donors (Lipinski definition) is 0. The minimum absolute atomic E-state index is 0.330. The van der Waals surface area contributed by atoms with Crippen molar-refractivity contribution >= 4 is 0 Å². The largest absolute Gasteiger partial charge is 0.380 e. The molecule has 3 saturated carbocycles. The van der Waals surface area contributed by atoms with E-state index in [0.717, 1.165) is 87.8 Å². The molecule has 53 heavy (non-hydrogen) atoms. The van der Waals surface area contributed by atoms with E-state index < -0.39 is 0 Å². The van der Waals surface area contributed by atoms with Crippen molar-refractivity contribution < 1.29 is 14.2 Å². The van der Waals surface area contributed by atoms with E-state index in [1.54, 1.807) is 5.57 Å². The summed E-state index contributed by atoms with van der Waals surface area (Å²) < 4.78 is 18.7. The van der Waals surface area contributed by atoms with Crippen LogP contribution in [0.5, 0.6) is 0 Å². The highest BCUT2D eigenvalue weighted by Gasteiger charge is 2.59. The Morgan fingerprint density at radius 2 is 1.45 bits per heavy atom. The fourth-order valence-electron chi connectivity index (χ4n) is 11.7. The fourth-order valence-corrected chi connectivity index (χ4v) is 11.7. The first-order valence-electron chi connectivity index (χ1n) is 23.4. The normalized spacial score (nSPS) is 31.1. The van der Waals surface area contributed by atoms with Crippen molar-refractivity contribution in [1.82, 2.24) is 4.90 Å². The standard InChI is InChI=1S/C49H89NO3/c1-9-10-11-12-13-14-16-19-33-51-37-42(50(7)8)38-52-34-20-17-15-18-21-35-53-43-29-31-48(5)41(36-43)25-26-44-46-28-27-45(40(4)24-22-23-39(2)3)49(46,6)32-30-47(44)48/h13-14,25,39-40,42-47H,9-12,15-24,26-38H2,1-8H3/b14-13-/t40-,42+,43+,44+,45-,46+,47+,48+,49-/m1/s1. The Labute approximate surface area is 330 Å². The molecule has 0 spiro atoms. The van der Waals surface area contributed by atoms with Gasteiger partial charge in [0.1, 0.15) is 0 Å². The summed E-state index contributed by atoms with van der Waals surface area (Å²) in [6.45, 7) is 19.2. The van der Waals surface area contributed by atoms with Crippen LogP contribution in [-0.4, -0.2) is 64.2 Å². The molecule has 4 nitrogen and oxygen atoms in total. The van der Waals surface area contributed by atoms with Gasteiger partial charge in [-0.25, -0.2) is 0 Å². The topological polar surface area (TPSA) is 30.9 Å². The third kappa shape index (κ3) is 13.5. The summed E-state index contributed by atoms with van der Waals surface area (Å²) in [4.78, 5) is 2.24. The van der Waals surface area contributed by atoms with Gasteiger partial charge in [-0.3, -0.25) is 0 Å². The smallest absolute Gasteiger partial charge is 0.0644 e. The highest BCUT2D eigenvalue weighted by molar-refractivity contribution is 5.25. The molecule has 0 aromatic carbocycles. The fraction of sp³-hybridized carbons (Fsp3) is 0.918. The number of hydrogen-bond acceptors (Lipinski definition) is 4. The molecule has 0 radical (unpaired) electrons. The van der Waals surface area contributed by atoms with Gasteiger partial charge in [-0.15, -0.1) is 0 Å². The monoisotopic (exact) mass is 740 g/mol. The summed E-state index contributed by atoms with van der Waals surface area (Å²) in [7, 11) is 4.27. The van der Waals surface area contributed by atoms with E-state index in [1.165, 1.54) is 122 Å². The predicted octanol–water partition coefficient (Wildman–Crippen LogP) is 13.2. The van der Waals surface area contributed by atoms with Gasteiger partial charge in [-0.1, -0.05) is 117 Å². The molecule has 0 aromatic rings. The highest BCUT2D eigenvalue weighted by Crippen LogP contribution is 2.67. The second kappa shape index (κ2) is 23.5. The maximum absolute atomic E-state index is 6.57. The summed E-state index contributed by atoms with van der Waals surface area (Å²) in [6, 6.07) is 0.330. The second-order valence-corrected chi connectivity index (χ2v) is 19.7. The SMILES string of the molecule is CCCCC/C=C\CCCOC[C@@H](COCCCCCCCO[C@H]1CC[C@@]2(C)C(=CC[C@H]3[C@@H]4CC[C@H]([C@H](C)CCCC(C)C)[C@@]4(C)CC[C@@H]32)C1)N(C)C. The molecule has 0 unspecified atom stereocenters. The average Bonchev–Trinajstić information content (AvgIpc) is 3.49. The van der Waals surface area contributed by atoms with Crippen molar-refractivity contribution in [2.75, 3.05) is 47.1 Å². The van der Waals surface area contributed by atoms with Crippen LogP contribution < -0.4 is 0 Å². The van der Waals surface area contributed by atoms with Gasteiger partial charge >= 0.3 is 0 Å². The lowest BCUT2D eigenvalue weighted by Crippen LogP contribution is -2.51. The van der Waals surface area contributed by atoms with Crippen LogP contribution in [0.25, 0.3) is 0 Å². The average molecular weight is 740 g/mol. The number of rotatable bonds is 27. The molecule has 4 rings (SSSR count). The zero-order valence-electron chi connectivity index (χ0n) is 36.6. The van der Waals surface area contributed by atoms with Crippen LogP contribution in [0, 0.1) is 46.3 Å². The molecule has 308 valence electrons. The summed E-state index contributed by atoms with van der Waals surface area (Å²) >= 11 is 0. The molecule has 0 saturated heterocycles. The number of unbranched alkanes of at least 4 members (excludes halogenated alkanes) is 8. The van der Waals surface area contributed by atoms with Gasteiger partial charge in [0, 0.05) is 19.8 Å². The number of allylic oxidation sites excluding steroid dienone is 3. The molecule has 0 amide bonds. The molecule has 4 heteroatoms. The summed E-state index contributed by atoms with van der Waals surface area (Å²) in [6.07, 6.45) is 36.8. The van der Waals surface area contributed by atoms with Crippen LogP contribution in [0.4, 0.5) is 0 Å². The lowest BCUT2D eigenvalue weighted by molar-refractivity contribution is -0.0641. The Bertz CT molecular complexity index is 1050. The molecule has 0 N–H and O–H groups in total. The van der Waals surface area contributed by atoms with E-state index in [-0.39, 0.29) is 0 Å². The van der Waals surface area contributed by atoms with Crippen LogP contribution in [0.3, 0.4) is 0 Å². The lowest BCUT2D eigenvalue weighted by atomic mass is 9.47. The zero-order chi connectivity index (χ0) is 38.1. The van der Waals surface area contributed by atoms with Crippen molar-refractivity contribution in [2.45, 2.75) is 195 Å². The first-order valence-corrected chi connectivity index (χ1v) is 23.4. The van der Waals surface area contributed by atoms with Gasteiger partial charge in [-0.05, 0) is 150 Å². The van der Waals surface area contributed by atoms with Crippen LogP contribution in [0.1, 0.15) is 183 Å². The minimum atomic E-state index is 0.330. The lowest BCUT2D eigenvalue weighted by Gasteiger charge is -2.58. The molecular weight excluding hydrogens is 651 g/mol. The maximum atomic E-state index is 6.57. The Kier molecular flexibility index (Phi) is 20.0. The highest BCUT2D eigenvalue weighted by atomic mass is 16.5. The molecule has 4 aliphatic rings. The number of nitrogens with zero attached hydrogens (tertiary/aromatic N) is 1. The Morgan fingerprint density at radius 1 is 0.755 bits per heavy atom. The van der Waals surface area contributed by atoms with E-state index in [4.69, 9.17) is 14.2 Å². The quantitative estimate of drug-likeness (QED) is 0.0620. The van der Waals surface area contributed by atoms with Crippen LogP contribution in [0.15, 0.2) is 23.8 Å². The Balaban J connectivity index is 1.05. The molecule has 4 aliphatic carbocycles. The molecule has 0 heterocycles. The summed E-state index contributed by atoms with van der Waals surface area (Å²) in [5.74, 6) is 5.49. The van der Waals surface area contributed by atoms with Crippen LogP contribution in [0.2, 0.25) is 0 Å². The van der Waals surface area contributed by atoms with E-state index in [9.17, 15) is 0 Å². The maximum Gasteiger partial charge on any atom is 0.0644 e. The van der Waals surface area contributed by atoms with Gasteiger partial charge in [0.15, 0.2) is 0 Å². The Hall–Kier alpha value is -0.680. The molecular formula is C49H89NO3. The van der Waals surface area contributed by atoms with Crippen molar-refractivity contribution in [3.63, 3.8) is 0 Å². The van der Waals surface area contributed by atoms with Crippen molar-refractivity contribution in [2.24, 2.45) is 46.3 Å². The van der Waals surface area contributed by atoms with Gasteiger partial charge in [-0.2, -0.15) is 0 Å². The molecule has 0 bridgehead atoms. The number of likely N-dealkylation sites (N-methyl/N-ethyl adjacent to an activating group) is 1. The van der Waals surface area contributed by atoms with E-state index in [0.29, 0.717) is 23.0 Å². The van der Waals surface area contributed by atoms with Crippen molar-refractivity contribution in [1.29, 1.82) is 0 Å². The van der Waals surface area contributed by atoms with Gasteiger partial charge < -0.3 is 19.1 Å². The third-order valence-corrected chi connectivity index (χ3v) is 15.2. The molecule has 0 aromatic heterocycles. The number of ether oxygens (including phenoxy) is 3. The number of fused-ring (bicyclic) bond motifs is 5. The van der Waals surface area contributed by atoms with Gasteiger partial charge in [0.25, 0.3) is 0 Å². The van der Waals surface area contributed by atoms with Crippen LogP contribution >= 0.6 is 0 Å². The molecule has 0 aliphatic heterocycles. The third-order valence-electron chi connectivity index (χ3n) is 15.2. The predicted molar refractivity (Wildman–Crippen MR) is 227 cm³/mol. The minimum Gasteiger partial charge on any atom is -0.380 e. The molecule has 9 atom stereocenters. The van der Waals surface area contributed by atoms with Crippen molar-refractivity contribution in [3.8, 4) is 0 Å². The molecule has 3 fully saturated rings. The summed E-state index contributed by atoms with van der Waals surface area (Å²) in [5.41, 5.74) is 2.79. The van der Waals surface area contributed by atoms with Gasteiger partial charge in [0.2, 0.25) is 0 Å². The Morgan fingerprint density at radius 3 is 2.17 bits per heavy atom. The summed E-state index contributed by atoms with van der Waals surface area (Å²) in [5, 5.41) is 0. The van der Waals surface area contributed by atoms with E-state index >= 15 is 0 Å². The first-order chi connectivity index (χ1) is 25.6. The van der Waals surface area contributed by atoms with Crippen molar-refractivity contribution in [3.05, 3.63) is 23.8 Å². The van der Waals surface area contributed by atoms with E-state index in [1.807, 2.05) is 0 Å². The first kappa shape index (κ1) is 45.0. The second-order valence-electron chi connectivity index (χ2n) is 19.7. The van der Waals surface area contributed by atoms with Gasteiger partial charge in [0.05, 0.1) is 25.4 Å². The van der Waals surface area contributed by atoms with Crippen LogP contribution in [-0.2, 0) is 14.2 Å². The van der Waals surface area contributed by atoms with E-state index in [2.05, 4.69) is 78.8 Å². The zero-order valence-corrected chi connectivity index (χ0v) is 36.6.